The lowest BCUT2D eigenvalue weighted by Crippen LogP contribution is -2.34. The first-order valence-corrected chi connectivity index (χ1v) is 7.39. The van der Waals surface area contributed by atoms with E-state index >= 15 is 0 Å². The third-order valence-corrected chi connectivity index (χ3v) is 3.86. The zero-order chi connectivity index (χ0) is 12.8. The molecule has 0 fully saturated rings. The van der Waals surface area contributed by atoms with Crippen LogP contribution in [-0.4, -0.2) is 12.6 Å². The van der Waals surface area contributed by atoms with Crippen molar-refractivity contribution in [2.45, 2.75) is 39.7 Å². The minimum Gasteiger partial charge on any atom is -0.314 e. The van der Waals surface area contributed by atoms with Gasteiger partial charge in [0.15, 0.2) is 0 Å². The summed E-state index contributed by atoms with van der Waals surface area (Å²) in [5.74, 6) is 0.657. The van der Waals surface area contributed by atoms with Crippen LogP contribution in [0.15, 0.2) is 22.7 Å². The Hall–Kier alpha value is -0.0500. The van der Waals surface area contributed by atoms with E-state index in [1.807, 2.05) is 6.07 Å². The normalized spacial score (nSPS) is 13.1. The number of nitrogens with one attached hydrogen (secondary N) is 1. The van der Waals surface area contributed by atoms with Gasteiger partial charge in [-0.2, -0.15) is 0 Å². The average Bonchev–Trinajstić information content (AvgIpc) is 2.25. The highest BCUT2D eigenvalue weighted by Crippen LogP contribution is 2.23. The largest absolute Gasteiger partial charge is 0.314 e. The van der Waals surface area contributed by atoms with Crippen molar-refractivity contribution in [3.05, 3.63) is 33.3 Å². The molecule has 17 heavy (non-hydrogen) atoms. The van der Waals surface area contributed by atoms with Crippen LogP contribution in [0.4, 0.5) is 0 Å². The zero-order valence-corrected chi connectivity index (χ0v) is 13.1. The molecule has 0 amide bonds. The van der Waals surface area contributed by atoms with E-state index in [0.29, 0.717) is 12.0 Å². The summed E-state index contributed by atoms with van der Waals surface area (Å²) in [7, 11) is 0. The summed E-state index contributed by atoms with van der Waals surface area (Å²) in [6.07, 6.45) is 2.16. The van der Waals surface area contributed by atoms with Crippen LogP contribution in [-0.2, 0) is 6.42 Å². The van der Waals surface area contributed by atoms with Crippen LogP contribution >= 0.6 is 27.5 Å². The van der Waals surface area contributed by atoms with Crippen molar-refractivity contribution >= 4 is 27.5 Å². The molecule has 1 unspecified atom stereocenters. The smallest absolute Gasteiger partial charge is 0.0449 e. The predicted octanol–water partition coefficient (Wildman–Crippen LogP) is 4.67. The van der Waals surface area contributed by atoms with Crippen molar-refractivity contribution in [1.82, 2.24) is 5.32 Å². The highest BCUT2D eigenvalue weighted by Gasteiger charge is 2.12. The number of hydrogen-bond acceptors (Lipinski definition) is 1. The number of halogens is 2. The molecule has 1 atom stereocenters. The maximum atomic E-state index is 6.22. The molecule has 1 nitrogen and oxygen atoms in total. The molecule has 0 aromatic heterocycles. The van der Waals surface area contributed by atoms with Crippen molar-refractivity contribution < 1.29 is 0 Å². The van der Waals surface area contributed by atoms with Crippen LogP contribution in [0.1, 0.15) is 32.8 Å². The monoisotopic (exact) mass is 317 g/mol. The maximum Gasteiger partial charge on any atom is 0.0449 e. The second-order valence-electron chi connectivity index (χ2n) is 4.68. The third-order valence-electron chi connectivity index (χ3n) is 3.01. The Balaban J connectivity index is 2.59. The summed E-state index contributed by atoms with van der Waals surface area (Å²) in [5.41, 5.74) is 1.23. The standard InChI is InChI=1S/C14H21BrClN/c1-4-17-14(10(2)3)8-6-11-5-7-12(15)9-13(11)16/h5,7,9-10,14,17H,4,6,8H2,1-3H3. The Morgan fingerprint density at radius 1 is 1.35 bits per heavy atom. The molecule has 96 valence electrons. The fourth-order valence-electron chi connectivity index (χ4n) is 1.97. The molecule has 1 aromatic carbocycles. The lowest BCUT2D eigenvalue weighted by molar-refractivity contribution is 0.385. The van der Waals surface area contributed by atoms with Crippen LogP contribution < -0.4 is 5.32 Å². The SMILES string of the molecule is CCNC(CCc1ccc(Br)cc1Cl)C(C)C. The van der Waals surface area contributed by atoms with Crippen molar-refractivity contribution in [3.8, 4) is 0 Å². The number of hydrogen-bond donors (Lipinski definition) is 1. The van der Waals surface area contributed by atoms with Crippen LogP contribution in [0.25, 0.3) is 0 Å². The molecule has 1 N–H and O–H groups in total. The van der Waals surface area contributed by atoms with E-state index < -0.39 is 0 Å². The van der Waals surface area contributed by atoms with Crippen molar-refractivity contribution in [1.29, 1.82) is 0 Å². The fraction of sp³-hybridized carbons (Fsp3) is 0.571. The Kier molecular flexibility index (Phi) is 6.53. The summed E-state index contributed by atoms with van der Waals surface area (Å²) in [5, 5.41) is 4.39. The van der Waals surface area contributed by atoms with E-state index in [2.05, 4.69) is 54.2 Å². The van der Waals surface area contributed by atoms with Gasteiger partial charge in [0.1, 0.15) is 0 Å². The van der Waals surface area contributed by atoms with E-state index in [-0.39, 0.29) is 0 Å². The minimum atomic E-state index is 0.569. The van der Waals surface area contributed by atoms with Crippen LogP contribution in [0.3, 0.4) is 0 Å². The molecular formula is C14H21BrClN. The van der Waals surface area contributed by atoms with Gasteiger partial charge in [0.2, 0.25) is 0 Å². The molecule has 0 heterocycles. The molecule has 0 aliphatic rings. The summed E-state index contributed by atoms with van der Waals surface area (Å²) in [6, 6.07) is 6.70. The predicted molar refractivity (Wildman–Crippen MR) is 79.8 cm³/mol. The zero-order valence-electron chi connectivity index (χ0n) is 10.8. The van der Waals surface area contributed by atoms with Gasteiger partial charge in [-0.15, -0.1) is 0 Å². The molecular weight excluding hydrogens is 298 g/mol. The number of rotatable bonds is 6. The second kappa shape index (κ2) is 7.40. The van der Waals surface area contributed by atoms with Gasteiger partial charge in [-0.1, -0.05) is 54.4 Å². The van der Waals surface area contributed by atoms with Gasteiger partial charge in [-0.3, -0.25) is 0 Å². The summed E-state index contributed by atoms with van der Waals surface area (Å²) in [6.45, 7) is 7.70. The molecule has 0 aliphatic carbocycles. The van der Waals surface area contributed by atoms with Gasteiger partial charge in [0, 0.05) is 15.5 Å². The van der Waals surface area contributed by atoms with Gasteiger partial charge in [-0.05, 0) is 43.0 Å². The topological polar surface area (TPSA) is 12.0 Å². The fourth-order valence-corrected chi connectivity index (χ4v) is 2.74. The van der Waals surface area contributed by atoms with Crippen molar-refractivity contribution in [3.63, 3.8) is 0 Å². The van der Waals surface area contributed by atoms with Gasteiger partial charge in [0.25, 0.3) is 0 Å². The van der Waals surface area contributed by atoms with E-state index in [0.717, 1.165) is 28.9 Å². The minimum absolute atomic E-state index is 0.569. The van der Waals surface area contributed by atoms with Gasteiger partial charge >= 0.3 is 0 Å². The summed E-state index contributed by atoms with van der Waals surface area (Å²) in [4.78, 5) is 0. The second-order valence-corrected chi connectivity index (χ2v) is 6.01. The first-order valence-electron chi connectivity index (χ1n) is 6.22. The lowest BCUT2D eigenvalue weighted by Gasteiger charge is -2.21. The first kappa shape index (κ1) is 15.0. The molecule has 1 aromatic rings. The summed E-state index contributed by atoms with van der Waals surface area (Å²) < 4.78 is 1.04. The quantitative estimate of drug-likeness (QED) is 0.803. The van der Waals surface area contributed by atoms with E-state index in [9.17, 15) is 0 Å². The lowest BCUT2D eigenvalue weighted by atomic mass is 9.96. The number of aryl methyl sites for hydroxylation is 1. The van der Waals surface area contributed by atoms with E-state index in [1.54, 1.807) is 0 Å². The summed E-state index contributed by atoms with van der Waals surface area (Å²) >= 11 is 9.65. The molecule has 0 spiro atoms. The van der Waals surface area contributed by atoms with Crippen molar-refractivity contribution in [2.75, 3.05) is 6.54 Å². The molecule has 0 saturated carbocycles. The third kappa shape index (κ3) is 4.99. The van der Waals surface area contributed by atoms with Crippen LogP contribution in [0.5, 0.6) is 0 Å². The highest BCUT2D eigenvalue weighted by molar-refractivity contribution is 9.10. The maximum absolute atomic E-state index is 6.22. The molecule has 0 saturated heterocycles. The molecule has 0 radical (unpaired) electrons. The highest BCUT2D eigenvalue weighted by atomic mass is 79.9. The number of benzene rings is 1. The average molecular weight is 319 g/mol. The molecule has 3 heteroatoms. The van der Waals surface area contributed by atoms with E-state index in [1.165, 1.54) is 5.56 Å². The van der Waals surface area contributed by atoms with Gasteiger partial charge < -0.3 is 5.32 Å². The molecule has 0 bridgehead atoms. The van der Waals surface area contributed by atoms with E-state index in [4.69, 9.17) is 11.6 Å². The Labute approximate surface area is 118 Å². The van der Waals surface area contributed by atoms with Gasteiger partial charge in [0.05, 0.1) is 0 Å². The van der Waals surface area contributed by atoms with Crippen LogP contribution in [0, 0.1) is 5.92 Å². The van der Waals surface area contributed by atoms with Crippen molar-refractivity contribution in [2.24, 2.45) is 5.92 Å². The van der Waals surface area contributed by atoms with Gasteiger partial charge in [-0.25, -0.2) is 0 Å². The Bertz CT molecular complexity index is 352. The first-order chi connectivity index (χ1) is 8.04. The molecule has 0 aliphatic heterocycles. The molecule has 1 rings (SSSR count). The Morgan fingerprint density at radius 3 is 2.59 bits per heavy atom. The Morgan fingerprint density at radius 2 is 2.06 bits per heavy atom. The van der Waals surface area contributed by atoms with Crippen LogP contribution in [0.2, 0.25) is 5.02 Å².